The Morgan fingerprint density at radius 2 is 0.825 bits per heavy atom. The summed E-state index contributed by atoms with van der Waals surface area (Å²) in [6, 6.07) is 34.5. The fourth-order valence-electron chi connectivity index (χ4n) is 4.79. The number of hydrogen-bond donors (Lipinski definition) is 2. The van der Waals surface area contributed by atoms with Gasteiger partial charge in [0.2, 0.25) is 0 Å². The maximum atomic E-state index is 13.3. The molecule has 0 aliphatic heterocycles. The lowest BCUT2D eigenvalue weighted by molar-refractivity contribution is 0.0721. The molecule has 6 aromatic rings. The summed E-state index contributed by atoms with van der Waals surface area (Å²) >= 11 is 0. The molecule has 2 N–H and O–H groups in total. The van der Waals surface area contributed by atoms with Crippen molar-refractivity contribution in [2.24, 2.45) is 0 Å². The van der Waals surface area contributed by atoms with Crippen LogP contribution in [0.5, 0.6) is 23.0 Å². The molecule has 6 heteroatoms. The van der Waals surface area contributed by atoms with E-state index in [-0.39, 0.29) is 33.8 Å². The van der Waals surface area contributed by atoms with E-state index in [1.54, 1.807) is 121 Å². The summed E-state index contributed by atoms with van der Waals surface area (Å²) in [5.74, 6) is -1.65. The number of esters is 2. The van der Waals surface area contributed by atoms with Crippen LogP contribution >= 0.6 is 0 Å². The fraction of sp³-hybridized carbons (Fsp3) is 0. The molecule has 0 atom stereocenters. The van der Waals surface area contributed by atoms with Crippen LogP contribution in [0.2, 0.25) is 0 Å². The Bertz CT molecular complexity index is 1750. The number of ether oxygens (including phenoxy) is 2. The molecular formula is C34H22O6. The van der Waals surface area contributed by atoms with Gasteiger partial charge in [-0.2, -0.15) is 0 Å². The van der Waals surface area contributed by atoms with Gasteiger partial charge in [-0.15, -0.1) is 0 Å². The molecule has 0 heterocycles. The third-order valence-corrected chi connectivity index (χ3v) is 6.64. The molecule has 0 bridgehead atoms. The van der Waals surface area contributed by atoms with E-state index in [1.165, 1.54) is 0 Å². The topological polar surface area (TPSA) is 93.1 Å². The summed E-state index contributed by atoms with van der Waals surface area (Å²) in [7, 11) is 0. The minimum atomic E-state index is -0.765. The highest BCUT2D eigenvalue weighted by molar-refractivity contribution is 6.15. The molecule has 0 unspecified atom stereocenters. The van der Waals surface area contributed by atoms with E-state index < -0.39 is 11.9 Å². The molecular weight excluding hydrogens is 504 g/mol. The largest absolute Gasteiger partial charge is 0.506 e. The fourth-order valence-corrected chi connectivity index (χ4v) is 4.79. The quantitative estimate of drug-likeness (QED) is 0.178. The second-order valence-corrected chi connectivity index (χ2v) is 9.14. The summed E-state index contributed by atoms with van der Waals surface area (Å²) < 4.78 is 11.1. The maximum absolute atomic E-state index is 13.3. The van der Waals surface area contributed by atoms with Gasteiger partial charge in [0, 0.05) is 11.1 Å². The smallest absolute Gasteiger partial charge is 0.347 e. The number of phenols is 2. The number of rotatable bonds is 5. The average molecular weight is 527 g/mol. The van der Waals surface area contributed by atoms with Gasteiger partial charge in [0.1, 0.15) is 34.1 Å². The van der Waals surface area contributed by atoms with Gasteiger partial charge in [0.15, 0.2) is 0 Å². The van der Waals surface area contributed by atoms with Gasteiger partial charge < -0.3 is 19.7 Å². The summed E-state index contributed by atoms with van der Waals surface area (Å²) in [5.41, 5.74) is 0.221. The zero-order valence-corrected chi connectivity index (χ0v) is 21.1. The highest BCUT2D eigenvalue weighted by Gasteiger charge is 2.27. The van der Waals surface area contributed by atoms with Crippen molar-refractivity contribution in [1.82, 2.24) is 0 Å². The van der Waals surface area contributed by atoms with E-state index in [0.717, 1.165) is 0 Å². The molecule has 0 aromatic heterocycles. The highest BCUT2D eigenvalue weighted by Crippen LogP contribution is 2.47. The summed E-state index contributed by atoms with van der Waals surface area (Å²) in [6.45, 7) is 0. The monoisotopic (exact) mass is 526 g/mol. The maximum Gasteiger partial charge on any atom is 0.347 e. The van der Waals surface area contributed by atoms with E-state index >= 15 is 0 Å². The molecule has 40 heavy (non-hydrogen) atoms. The molecule has 194 valence electrons. The van der Waals surface area contributed by atoms with Gasteiger partial charge in [0.05, 0.1) is 0 Å². The first-order chi connectivity index (χ1) is 19.5. The molecule has 0 radical (unpaired) electrons. The van der Waals surface area contributed by atoms with Crippen LogP contribution in [0.3, 0.4) is 0 Å². The second kappa shape index (κ2) is 10.3. The van der Waals surface area contributed by atoms with Crippen LogP contribution in [0.1, 0.15) is 20.7 Å². The van der Waals surface area contributed by atoms with Crippen molar-refractivity contribution in [1.29, 1.82) is 0 Å². The van der Waals surface area contributed by atoms with Gasteiger partial charge in [-0.05, 0) is 57.9 Å². The molecule has 0 aliphatic rings. The third-order valence-electron chi connectivity index (χ3n) is 6.64. The lowest BCUT2D eigenvalue weighted by atomic mass is 9.89. The van der Waals surface area contributed by atoms with E-state index in [4.69, 9.17) is 9.47 Å². The van der Waals surface area contributed by atoms with Crippen molar-refractivity contribution in [2.75, 3.05) is 0 Å². The third kappa shape index (κ3) is 4.48. The summed E-state index contributed by atoms with van der Waals surface area (Å²) in [6.07, 6.45) is 0. The molecule has 0 amide bonds. The van der Waals surface area contributed by atoms with Crippen molar-refractivity contribution in [3.05, 3.63) is 132 Å². The molecule has 0 fully saturated rings. The Kier molecular flexibility index (Phi) is 6.34. The number of para-hydroxylation sites is 2. The Morgan fingerprint density at radius 1 is 0.475 bits per heavy atom. The van der Waals surface area contributed by atoms with Crippen LogP contribution in [0.4, 0.5) is 0 Å². The van der Waals surface area contributed by atoms with Crippen LogP contribution in [-0.2, 0) is 0 Å². The van der Waals surface area contributed by atoms with Gasteiger partial charge in [-0.3, -0.25) is 0 Å². The Balaban J connectivity index is 1.59. The Hall–Kier alpha value is -5.62. The molecule has 0 saturated heterocycles. The summed E-state index contributed by atoms with van der Waals surface area (Å²) in [4.78, 5) is 26.5. The van der Waals surface area contributed by atoms with E-state index in [2.05, 4.69) is 0 Å². The van der Waals surface area contributed by atoms with E-state index in [9.17, 15) is 19.8 Å². The van der Waals surface area contributed by atoms with Crippen molar-refractivity contribution in [2.45, 2.75) is 0 Å². The number of aromatic hydroxyl groups is 2. The number of hydrogen-bond acceptors (Lipinski definition) is 6. The van der Waals surface area contributed by atoms with Crippen molar-refractivity contribution in [3.63, 3.8) is 0 Å². The predicted octanol–water partition coefficient (Wildman–Crippen LogP) is 7.51. The lowest BCUT2D eigenvalue weighted by Crippen LogP contribution is -2.10. The molecule has 6 nitrogen and oxygen atoms in total. The first-order valence-corrected chi connectivity index (χ1v) is 12.6. The predicted molar refractivity (Wildman–Crippen MR) is 153 cm³/mol. The SMILES string of the molecule is O=C(Oc1ccccc1)c1cc2ccccc2c(-c2c(O)c(C(=O)Oc3ccccc3)cc3ccccc23)c1O. The molecule has 0 aliphatic carbocycles. The average Bonchev–Trinajstić information content (AvgIpc) is 2.98. The first-order valence-electron chi connectivity index (χ1n) is 12.6. The Labute approximate surface area is 229 Å². The van der Waals surface area contributed by atoms with Gasteiger partial charge >= 0.3 is 11.9 Å². The van der Waals surface area contributed by atoms with Gasteiger partial charge in [0.25, 0.3) is 0 Å². The van der Waals surface area contributed by atoms with Crippen LogP contribution in [-0.4, -0.2) is 22.2 Å². The molecule has 0 spiro atoms. The van der Waals surface area contributed by atoms with E-state index in [0.29, 0.717) is 33.0 Å². The van der Waals surface area contributed by atoms with Crippen LogP contribution in [0.25, 0.3) is 32.7 Å². The zero-order chi connectivity index (χ0) is 27.6. The van der Waals surface area contributed by atoms with Crippen molar-refractivity contribution < 1.29 is 29.3 Å². The zero-order valence-electron chi connectivity index (χ0n) is 21.1. The second-order valence-electron chi connectivity index (χ2n) is 9.14. The van der Waals surface area contributed by atoms with Crippen molar-refractivity contribution >= 4 is 33.5 Å². The lowest BCUT2D eigenvalue weighted by Gasteiger charge is -2.18. The minimum absolute atomic E-state index is 0.0849. The van der Waals surface area contributed by atoms with Crippen LogP contribution in [0, 0.1) is 0 Å². The van der Waals surface area contributed by atoms with Crippen molar-refractivity contribution in [3.8, 4) is 34.1 Å². The van der Waals surface area contributed by atoms with Crippen LogP contribution in [0.15, 0.2) is 121 Å². The number of benzene rings is 6. The van der Waals surface area contributed by atoms with Gasteiger partial charge in [-0.1, -0.05) is 84.9 Å². The number of carbonyl (C=O) groups excluding carboxylic acids is 2. The number of carbonyl (C=O) groups is 2. The highest BCUT2D eigenvalue weighted by atomic mass is 16.5. The molecule has 0 saturated carbocycles. The minimum Gasteiger partial charge on any atom is -0.506 e. The van der Waals surface area contributed by atoms with E-state index in [1.807, 2.05) is 0 Å². The standard InChI is InChI=1S/C34H22O6/c35-31-27(33(37)39-23-13-3-1-4-14-23)19-21-11-7-9-17-25(21)29(31)30-26-18-10-8-12-22(26)20-28(32(30)36)34(38)40-24-15-5-2-6-16-24/h1-20,35-36H. The molecule has 6 rings (SSSR count). The Morgan fingerprint density at radius 3 is 1.23 bits per heavy atom. The number of phenolic OH excluding ortho intramolecular Hbond substituents is 2. The first kappa shape index (κ1) is 24.7. The summed E-state index contributed by atoms with van der Waals surface area (Å²) in [5, 5.41) is 25.6. The van der Waals surface area contributed by atoms with Gasteiger partial charge in [-0.25, -0.2) is 9.59 Å². The molecule has 6 aromatic carbocycles. The normalized spacial score (nSPS) is 10.9. The van der Waals surface area contributed by atoms with Crippen LogP contribution < -0.4 is 9.47 Å². The number of fused-ring (bicyclic) bond motifs is 2.